The van der Waals surface area contributed by atoms with Gasteiger partial charge in [0.2, 0.25) is 5.91 Å². The Hall–Kier alpha value is -2.77. The highest BCUT2D eigenvalue weighted by atomic mass is 16.4. The summed E-state index contributed by atoms with van der Waals surface area (Å²) < 4.78 is 1.66. The lowest BCUT2D eigenvalue weighted by atomic mass is 10.1. The third kappa shape index (κ3) is 4.87. The van der Waals surface area contributed by atoms with E-state index in [1.807, 2.05) is 33.8 Å². The summed E-state index contributed by atoms with van der Waals surface area (Å²) in [4.78, 5) is 31.8. The van der Waals surface area contributed by atoms with Crippen molar-refractivity contribution in [2.24, 2.45) is 5.92 Å². The fraction of sp³-hybridized carbons (Fsp3) is 0.500. The monoisotopic (exact) mass is 359 g/mol. The van der Waals surface area contributed by atoms with Crippen LogP contribution in [0.15, 0.2) is 6.07 Å². The summed E-state index contributed by atoms with van der Waals surface area (Å²) in [5, 5.41) is 16.0. The first-order valence-electron chi connectivity index (χ1n) is 8.53. The predicted molar refractivity (Wildman–Crippen MR) is 96.2 cm³/mol. The van der Waals surface area contributed by atoms with Crippen molar-refractivity contribution in [3.05, 3.63) is 34.4 Å². The SMILES string of the molecule is Cc1cc(C)nc(-n2nc(C)c(CC(=O)NCC(C)CC(=O)O)c2C)n1. The van der Waals surface area contributed by atoms with Crippen LogP contribution < -0.4 is 5.32 Å². The molecular weight excluding hydrogens is 334 g/mol. The molecule has 26 heavy (non-hydrogen) atoms. The Balaban J connectivity index is 2.12. The van der Waals surface area contributed by atoms with Crippen molar-refractivity contribution < 1.29 is 14.7 Å². The smallest absolute Gasteiger partial charge is 0.303 e. The molecule has 2 aromatic heterocycles. The van der Waals surface area contributed by atoms with Gasteiger partial charge in [0.15, 0.2) is 0 Å². The van der Waals surface area contributed by atoms with E-state index in [-0.39, 0.29) is 24.7 Å². The fourth-order valence-electron chi connectivity index (χ4n) is 2.81. The zero-order valence-corrected chi connectivity index (χ0v) is 15.8. The molecule has 2 N–H and O–H groups in total. The van der Waals surface area contributed by atoms with E-state index in [2.05, 4.69) is 20.4 Å². The lowest BCUT2D eigenvalue weighted by Crippen LogP contribution is -2.30. The molecule has 8 heteroatoms. The Labute approximate surface area is 152 Å². The normalized spacial score (nSPS) is 12.0. The highest BCUT2D eigenvalue weighted by Crippen LogP contribution is 2.17. The van der Waals surface area contributed by atoms with Crippen molar-refractivity contribution in [1.82, 2.24) is 25.1 Å². The number of aliphatic carboxylic acids is 1. The first-order valence-corrected chi connectivity index (χ1v) is 8.53. The summed E-state index contributed by atoms with van der Waals surface area (Å²) in [6.45, 7) is 9.66. The number of nitrogens with one attached hydrogen (secondary N) is 1. The molecule has 0 saturated carbocycles. The van der Waals surface area contributed by atoms with Crippen LogP contribution in [-0.4, -0.2) is 43.3 Å². The Morgan fingerprint density at radius 1 is 1.19 bits per heavy atom. The third-order valence-corrected chi connectivity index (χ3v) is 4.11. The highest BCUT2D eigenvalue weighted by Gasteiger charge is 2.18. The number of amides is 1. The van der Waals surface area contributed by atoms with Gasteiger partial charge in [-0.25, -0.2) is 14.6 Å². The van der Waals surface area contributed by atoms with Crippen molar-refractivity contribution in [2.45, 2.75) is 47.5 Å². The summed E-state index contributed by atoms with van der Waals surface area (Å²) in [7, 11) is 0. The van der Waals surface area contributed by atoms with E-state index in [1.165, 1.54) is 0 Å². The first kappa shape index (κ1) is 19.6. The number of aromatic nitrogens is 4. The molecule has 8 nitrogen and oxygen atoms in total. The molecule has 140 valence electrons. The lowest BCUT2D eigenvalue weighted by Gasteiger charge is -2.10. The van der Waals surface area contributed by atoms with Gasteiger partial charge in [-0.1, -0.05) is 6.92 Å². The maximum Gasteiger partial charge on any atom is 0.303 e. The summed E-state index contributed by atoms with van der Waals surface area (Å²) in [6, 6.07) is 1.89. The minimum absolute atomic E-state index is 0.0281. The Kier molecular flexibility index (Phi) is 6.07. The molecule has 0 aliphatic carbocycles. The van der Waals surface area contributed by atoms with Crippen LogP contribution in [0.25, 0.3) is 5.95 Å². The number of hydrogen-bond acceptors (Lipinski definition) is 5. The van der Waals surface area contributed by atoms with Gasteiger partial charge in [0, 0.05) is 35.6 Å². The number of carboxylic acid groups (broad SMARTS) is 1. The van der Waals surface area contributed by atoms with Crippen LogP contribution in [0.2, 0.25) is 0 Å². The van der Waals surface area contributed by atoms with Crippen LogP contribution >= 0.6 is 0 Å². The van der Waals surface area contributed by atoms with E-state index in [1.54, 1.807) is 11.6 Å². The molecule has 0 spiro atoms. The maximum atomic E-state index is 12.2. The second-order valence-electron chi connectivity index (χ2n) is 6.70. The van der Waals surface area contributed by atoms with E-state index >= 15 is 0 Å². The molecule has 0 aromatic carbocycles. The largest absolute Gasteiger partial charge is 0.481 e. The molecule has 1 unspecified atom stereocenters. The minimum Gasteiger partial charge on any atom is -0.481 e. The summed E-state index contributed by atoms with van der Waals surface area (Å²) >= 11 is 0. The molecule has 2 heterocycles. The van der Waals surface area contributed by atoms with Gasteiger partial charge in [0.25, 0.3) is 5.95 Å². The molecule has 1 atom stereocenters. The van der Waals surface area contributed by atoms with Gasteiger partial charge >= 0.3 is 5.97 Å². The van der Waals surface area contributed by atoms with Crippen LogP contribution in [0.5, 0.6) is 0 Å². The third-order valence-electron chi connectivity index (χ3n) is 4.11. The highest BCUT2D eigenvalue weighted by molar-refractivity contribution is 5.79. The predicted octanol–water partition coefficient (Wildman–Crippen LogP) is 1.67. The van der Waals surface area contributed by atoms with Gasteiger partial charge in [0.05, 0.1) is 12.1 Å². The number of hydrogen-bond donors (Lipinski definition) is 2. The molecule has 2 aromatic rings. The number of nitrogens with zero attached hydrogens (tertiary/aromatic N) is 4. The van der Waals surface area contributed by atoms with Gasteiger partial charge in [0.1, 0.15) is 0 Å². The Morgan fingerprint density at radius 2 is 1.81 bits per heavy atom. The van der Waals surface area contributed by atoms with Crippen LogP contribution in [0.4, 0.5) is 0 Å². The minimum atomic E-state index is -0.867. The van der Waals surface area contributed by atoms with Gasteiger partial charge in [-0.15, -0.1) is 0 Å². The number of carbonyl (C=O) groups excluding carboxylic acids is 1. The molecule has 2 rings (SSSR count). The van der Waals surface area contributed by atoms with Gasteiger partial charge in [-0.3, -0.25) is 9.59 Å². The number of carbonyl (C=O) groups is 2. The lowest BCUT2D eigenvalue weighted by molar-refractivity contribution is -0.138. The van der Waals surface area contributed by atoms with E-state index in [9.17, 15) is 9.59 Å². The van der Waals surface area contributed by atoms with Crippen molar-refractivity contribution >= 4 is 11.9 Å². The van der Waals surface area contributed by atoms with Crippen LogP contribution in [0.1, 0.15) is 41.7 Å². The summed E-state index contributed by atoms with van der Waals surface area (Å²) in [6.07, 6.45) is 0.211. The molecule has 0 radical (unpaired) electrons. The summed E-state index contributed by atoms with van der Waals surface area (Å²) in [5.41, 5.74) is 4.11. The molecule has 0 aliphatic heterocycles. The van der Waals surface area contributed by atoms with Gasteiger partial charge in [-0.05, 0) is 39.7 Å². The van der Waals surface area contributed by atoms with Crippen molar-refractivity contribution in [1.29, 1.82) is 0 Å². The first-order chi connectivity index (χ1) is 12.2. The van der Waals surface area contributed by atoms with Crippen molar-refractivity contribution in [3.8, 4) is 5.95 Å². The molecule has 0 bridgehead atoms. The Bertz CT molecular complexity index is 808. The quantitative estimate of drug-likeness (QED) is 0.778. The van der Waals surface area contributed by atoms with Crippen LogP contribution in [-0.2, 0) is 16.0 Å². The summed E-state index contributed by atoms with van der Waals surface area (Å²) in [5.74, 6) is -0.655. The van der Waals surface area contributed by atoms with Gasteiger partial charge in [-0.2, -0.15) is 5.10 Å². The topological polar surface area (TPSA) is 110 Å². The molecule has 1 amide bonds. The van der Waals surface area contributed by atoms with Crippen LogP contribution in [0, 0.1) is 33.6 Å². The van der Waals surface area contributed by atoms with E-state index < -0.39 is 5.97 Å². The fourth-order valence-corrected chi connectivity index (χ4v) is 2.81. The van der Waals surface area contributed by atoms with E-state index in [0.29, 0.717) is 12.5 Å². The number of aryl methyl sites for hydroxylation is 3. The second kappa shape index (κ2) is 8.07. The van der Waals surface area contributed by atoms with Gasteiger partial charge < -0.3 is 10.4 Å². The van der Waals surface area contributed by atoms with E-state index in [4.69, 9.17) is 5.11 Å². The van der Waals surface area contributed by atoms with Crippen LogP contribution in [0.3, 0.4) is 0 Å². The van der Waals surface area contributed by atoms with Crippen molar-refractivity contribution in [3.63, 3.8) is 0 Å². The zero-order valence-electron chi connectivity index (χ0n) is 15.8. The molecule has 0 saturated heterocycles. The Morgan fingerprint density at radius 3 is 2.38 bits per heavy atom. The average Bonchev–Trinajstić information content (AvgIpc) is 2.79. The molecular formula is C18H25N5O3. The maximum absolute atomic E-state index is 12.2. The van der Waals surface area contributed by atoms with E-state index in [0.717, 1.165) is 28.3 Å². The second-order valence-corrected chi connectivity index (χ2v) is 6.70. The average molecular weight is 359 g/mol. The molecule has 0 aliphatic rings. The standard InChI is InChI=1S/C18H25N5O3/c1-10(6-17(25)26)9-19-16(24)8-15-13(4)22-23(14(15)5)18-20-11(2)7-12(3)21-18/h7,10H,6,8-9H2,1-5H3,(H,19,24)(H,25,26). The zero-order chi connectivity index (χ0) is 19.4. The number of carboxylic acids is 1. The number of rotatable bonds is 7. The van der Waals surface area contributed by atoms with Crippen molar-refractivity contribution in [2.75, 3.05) is 6.54 Å². The molecule has 0 fully saturated rings.